The Labute approximate surface area is 86.7 Å². The number of aryl methyl sites for hydroxylation is 1. The molecule has 0 atom stereocenters. The lowest BCUT2D eigenvalue weighted by molar-refractivity contribution is 0.832. The van der Waals surface area contributed by atoms with Crippen molar-refractivity contribution in [1.29, 1.82) is 5.41 Å². The molecule has 1 aromatic carbocycles. The lowest BCUT2D eigenvalue weighted by atomic mass is 9.97. The summed E-state index contributed by atoms with van der Waals surface area (Å²) in [5.74, 6) is 0. The smallest absolute Gasteiger partial charge is 0.0388 e. The summed E-state index contributed by atoms with van der Waals surface area (Å²) >= 11 is 0. The number of nitrogens with one attached hydrogen (secondary N) is 1. The van der Waals surface area contributed by atoms with Crippen LogP contribution in [0, 0.1) is 19.3 Å². The standard InChI is InChI=1S/C13H19N/c1-4-5-9-13(14)12-8-6-7-10(2)11(12)3/h6-8,14H,4-5,9H2,1-3H3. The highest BCUT2D eigenvalue weighted by Crippen LogP contribution is 2.15. The van der Waals surface area contributed by atoms with Gasteiger partial charge < -0.3 is 5.41 Å². The van der Waals surface area contributed by atoms with Crippen molar-refractivity contribution >= 4 is 5.71 Å². The van der Waals surface area contributed by atoms with E-state index in [0.29, 0.717) is 0 Å². The molecule has 0 bridgehead atoms. The Balaban J connectivity index is 2.84. The molecule has 14 heavy (non-hydrogen) atoms. The molecule has 0 amide bonds. The van der Waals surface area contributed by atoms with Gasteiger partial charge in [0.05, 0.1) is 0 Å². The van der Waals surface area contributed by atoms with Crippen molar-refractivity contribution in [3.8, 4) is 0 Å². The van der Waals surface area contributed by atoms with Crippen LogP contribution in [0.2, 0.25) is 0 Å². The van der Waals surface area contributed by atoms with Gasteiger partial charge in [0.15, 0.2) is 0 Å². The van der Waals surface area contributed by atoms with Crippen molar-refractivity contribution in [2.45, 2.75) is 40.0 Å². The van der Waals surface area contributed by atoms with Gasteiger partial charge in [0.25, 0.3) is 0 Å². The van der Waals surface area contributed by atoms with E-state index >= 15 is 0 Å². The monoisotopic (exact) mass is 189 g/mol. The predicted octanol–water partition coefficient (Wildman–Crippen LogP) is 3.86. The Kier molecular flexibility index (Phi) is 3.87. The Morgan fingerprint density at radius 2 is 2.00 bits per heavy atom. The van der Waals surface area contributed by atoms with E-state index in [2.05, 4.69) is 32.9 Å². The van der Waals surface area contributed by atoms with Crippen LogP contribution in [-0.4, -0.2) is 5.71 Å². The maximum atomic E-state index is 7.97. The average molecular weight is 189 g/mol. The van der Waals surface area contributed by atoms with Crippen molar-refractivity contribution in [2.75, 3.05) is 0 Å². The summed E-state index contributed by atoms with van der Waals surface area (Å²) in [7, 11) is 0. The van der Waals surface area contributed by atoms with E-state index in [-0.39, 0.29) is 0 Å². The van der Waals surface area contributed by atoms with E-state index in [0.717, 1.165) is 30.5 Å². The molecule has 1 heteroatoms. The van der Waals surface area contributed by atoms with Crippen LogP contribution >= 0.6 is 0 Å². The SMILES string of the molecule is CCCCC(=N)c1cccc(C)c1C. The third-order valence-electron chi connectivity index (χ3n) is 2.71. The van der Waals surface area contributed by atoms with Gasteiger partial charge in [0, 0.05) is 5.71 Å². The van der Waals surface area contributed by atoms with Gasteiger partial charge >= 0.3 is 0 Å². The molecule has 1 rings (SSSR count). The number of hydrogen-bond donors (Lipinski definition) is 1. The minimum absolute atomic E-state index is 0.785. The van der Waals surface area contributed by atoms with Crippen LogP contribution in [0.3, 0.4) is 0 Å². The number of unbranched alkanes of at least 4 members (excludes halogenated alkanes) is 1. The highest BCUT2D eigenvalue weighted by Gasteiger charge is 2.05. The lowest BCUT2D eigenvalue weighted by Gasteiger charge is -2.09. The van der Waals surface area contributed by atoms with Crippen LogP contribution in [0.25, 0.3) is 0 Å². The average Bonchev–Trinajstić information content (AvgIpc) is 2.18. The maximum Gasteiger partial charge on any atom is 0.0388 e. The molecule has 0 saturated carbocycles. The summed E-state index contributed by atoms with van der Waals surface area (Å²) in [6.45, 7) is 6.37. The van der Waals surface area contributed by atoms with Gasteiger partial charge in [-0.05, 0) is 43.4 Å². The predicted molar refractivity (Wildman–Crippen MR) is 62.3 cm³/mol. The van der Waals surface area contributed by atoms with E-state index in [1.807, 2.05) is 6.07 Å². The Bertz CT molecular complexity index is 326. The molecule has 0 radical (unpaired) electrons. The molecule has 0 aliphatic heterocycles. The fourth-order valence-electron chi connectivity index (χ4n) is 1.57. The first-order valence-electron chi connectivity index (χ1n) is 5.30. The fraction of sp³-hybridized carbons (Fsp3) is 0.462. The van der Waals surface area contributed by atoms with Crippen molar-refractivity contribution in [2.24, 2.45) is 0 Å². The van der Waals surface area contributed by atoms with Gasteiger partial charge in [-0.25, -0.2) is 0 Å². The van der Waals surface area contributed by atoms with Crippen LogP contribution in [0.4, 0.5) is 0 Å². The summed E-state index contributed by atoms with van der Waals surface area (Å²) in [6, 6.07) is 6.20. The van der Waals surface area contributed by atoms with Gasteiger partial charge in [0.1, 0.15) is 0 Å². The minimum atomic E-state index is 0.785. The molecule has 0 fully saturated rings. The molecule has 1 nitrogen and oxygen atoms in total. The first-order chi connectivity index (χ1) is 6.66. The normalized spacial score (nSPS) is 10.2. The molecule has 0 aliphatic carbocycles. The Morgan fingerprint density at radius 1 is 1.29 bits per heavy atom. The van der Waals surface area contributed by atoms with Gasteiger partial charge in [-0.15, -0.1) is 0 Å². The van der Waals surface area contributed by atoms with Gasteiger partial charge in [-0.1, -0.05) is 31.5 Å². The molecule has 1 aromatic rings. The van der Waals surface area contributed by atoms with E-state index in [1.54, 1.807) is 0 Å². The molecule has 0 spiro atoms. The van der Waals surface area contributed by atoms with Gasteiger partial charge in [-0.3, -0.25) is 0 Å². The summed E-state index contributed by atoms with van der Waals surface area (Å²) in [6.07, 6.45) is 3.18. The van der Waals surface area contributed by atoms with Crippen molar-refractivity contribution < 1.29 is 0 Å². The van der Waals surface area contributed by atoms with Crippen molar-refractivity contribution in [3.05, 3.63) is 34.9 Å². The maximum absolute atomic E-state index is 7.97. The third kappa shape index (κ3) is 2.44. The summed E-state index contributed by atoms with van der Waals surface area (Å²) < 4.78 is 0. The van der Waals surface area contributed by atoms with E-state index in [9.17, 15) is 0 Å². The molecule has 1 N–H and O–H groups in total. The molecule has 0 heterocycles. The zero-order valence-electron chi connectivity index (χ0n) is 9.35. The second kappa shape index (κ2) is 4.94. The van der Waals surface area contributed by atoms with Gasteiger partial charge in [-0.2, -0.15) is 0 Å². The third-order valence-corrected chi connectivity index (χ3v) is 2.71. The molecular weight excluding hydrogens is 170 g/mol. The first-order valence-corrected chi connectivity index (χ1v) is 5.30. The Morgan fingerprint density at radius 3 is 2.64 bits per heavy atom. The number of benzene rings is 1. The number of rotatable bonds is 4. The van der Waals surface area contributed by atoms with E-state index in [1.165, 1.54) is 11.1 Å². The van der Waals surface area contributed by atoms with Gasteiger partial charge in [0.2, 0.25) is 0 Å². The summed E-state index contributed by atoms with van der Waals surface area (Å²) in [5, 5.41) is 7.97. The molecule has 0 unspecified atom stereocenters. The molecule has 76 valence electrons. The minimum Gasteiger partial charge on any atom is -0.305 e. The van der Waals surface area contributed by atoms with Crippen LogP contribution in [0.15, 0.2) is 18.2 Å². The molecule has 0 saturated heterocycles. The van der Waals surface area contributed by atoms with E-state index < -0.39 is 0 Å². The summed E-state index contributed by atoms with van der Waals surface area (Å²) in [4.78, 5) is 0. The second-order valence-corrected chi connectivity index (χ2v) is 3.83. The zero-order valence-corrected chi connectivity index (χ0v) is 9.35. The molecular formula is C13H19N. The van der Waals surface area contributed by atoms with Crippen LogP contribution < -0.4 is 0 Å². The van der Waals surface area contributed by atoms with Crippen molar-refractivity contribution in [1.82, 2.24) is 0 Å². The molecule has 0 aromatic heterocycles. The lowest BCUT2D eigenvalue weighted by Crippen LogP contribution is -2.02. The fourth-order valence-corrected chi connectivity index (χ4v) is 1.57. The Hall–Kier alpha value is -1.11. The molecule has 0 aliphatic rings. The quantitative estimate of drug-likeness (QED) is 0.695. The first kappa shape index (κ1) is 11.0. The van der Waals surface area contributed by atoms with Crippen LogP contribution in [0.1, 0.15) is 42.9 Å². The van der Waals surface area contributed by atoms with Crippen molar-refractivity contribution in [3.63, 3.8) is 0 Å². The zero-order chi connectivity index (χ0) is 10.6. The topological polar surface area (TPSA) is 23.9 Å². The largest absolute Gasteiger partial charge is 0.305 e. The van der Waals surface area contributed by atoms with Crippen LogP contribution in [0.5, 0.6) is 0 Å². The number of hydrogen-bond acceptors (Lipinski definition) is 1. The van der Waals surface area contributed by atoms with Crippen LogP contribution in [-0.2, 0) is 0 Å². The van der Waals surface area contributed by atoms with E-state index in [4.69, 9.17) is 5.41 Å². The second-order valence-electron chi connectivity index (χ2n) is 3.83. The highest BCUT2D eigenvalue weighted by molar-refractivity contribution is 5.99. The highest BCUT2D eigenvalue weighted by atomic mass is 14.4. The summed E-state index contributed by atoms with van der Waals surface area (Å²) in [5.41, 5.74) is 4.45.